The van der Waals surface area contributed by atoms with Gasteiger partial charge in [0.15, 0.2) is 0 Å². The number of hydrogen-bond acceptors (Lipinski definition) is 3. The molecule has 114 valence electrons. The molecule has 0 aromatic heterocycles. The quantitative estimate of drug-likeness (QED) is 0.862. The first kappa shape index (κ1) is 14.8. The second-order valence-electron chi connectivity index (χ2n) is 6.50. The number of likely N-dealkylation sites (tertiary alicyclic amines) is 1. The van der Waals surface area contributed by atoms with Crippen LogP contribution in [-0.2, 0) is 11.3 Å². The molecule has 3 nitrogen and oxygen atoms in total. The average Bonchev–Trinajstić information content (AvgIpc) is 3.13. The van der Waals surface area contributed by atoms with Crippen LogP contribution in [0, 0.1) is 11.3 Å². The number of carbonyl (C=O) groups is 1. The van der Waals surface area contributed by atoms with Gasteiger partial charge >= 0.3 is 6.09 Å². The lowest BCUT2D eigenvalue weighted by Gasteiger charge is -2.23. The van der Waals surface area contributed by atoms with Crippen LogP contribution in [0.2, 0.25) is 0 Å². The summed E-state index contributed by atoms with van der Waals surface area (Å²) >= 11 is 4.42. The number of carbonyl (C=O) groups excluding carboxylic acids is 1. The Kier molecular flexibility index (Phi) is 4.43. The minimum atomic E-state index is -0.162. The van der Waals surface area contributed by atoms with Crippen molar-refractivity contribution in [2.24, 2.45) is 11.3 Å². The molecule has 1 heterocycles. The molecule has 0 bridgehead atoms. The smallest absolute Gasteiger partial charge is 0.410 e. The molecule has 1 spiro atoms. The van der Waals surface area contributed by atoms with Crippen molar-refractivity contribution in [3.05, 3.63) is 35.9 Å². The van der Waals surface area contributed by atoms with Gasteiger partial charge in [0.05, 0.1) is 0 Å². The zero-order valence-electron chi connectivity index (χ0n) is 12.3. The van der Waals surface area contributed by atoms with Gasteiger partial charge in [0.2, 0.25) is 0 Å². The number of ether oxygens (including phenoxy) is 1. The highest BCUT2D eigenvalue weighted by Crippen LogP contribution is 2.48. The molecule has 1 aliphatic heterocycles. The summed E-state index contributed by atoms with van der Waals surface area (Å²) in [7, 11) is 0. The number of benzene rings is 1. The van der Waals surface area contributed by atoms with E-state index in [0.717, 1.165) is 36.7 Å². The van der Waals surface area contributed by atoms with Gasteiger partial charge < -0.3 is 9.64 Å². The van der Waals surface area contributed by atoms with Crippen LogP contribution in [0.1, 0.15) is 31.2 Å². The van der Waals surface area contributed by atoms with Crippen molar-refractivity contribution in [1.82, 2.24) is 4.90 Å². The highest BCUT2D eigenvalue weighted by Gasteiger charge is 2.45. The highest BCUT2D eigenvalue weighted by molar-refractivity contribution is 7.80. The predicted octanol–water partition coefficient (Wildman–Crippen LogP) is 3.75. The maximum Gasteiger partial charge on any atom is 0.410 e. The van der Waals surface area contributed by atoms with Crippen LogP contribution in [0.25, 0.3) is 0 Å². The van der Waals surface area contributed by atoms with Gasteiger partial charge in [-0.25, -0.2) is 4.79 Å². The Bertz CT molecular complexity index is 493. The second-order valence-corrected chi connectivity index (χ2v) is 6.87. The lowest BCUT2D eigenvalue weighted by Crippen LogP contribution is -2.31. The molecule has 2 aliphatic rings. The first-order valence-corrected chi connectivity index (χ1v) is 8.40. The zero-order valence-corrected chi connectivity index (χ0v) is 13.2. The summed E-state index contributed by atoms with van der Waals surface area (Å²) in [5, 5.41) is 0. The molecule has 4 heteroatoms. The van der Waals surface area contributed by atoms with Gasteiger partial charge in [-0.05, 0) is 48.3 Å². The van der Waals surface area contributed by atoms with Crippen molar-refractivity contribution in [3.63, 3.8) is 0 Å². The molecule has 1 saturated heterocycles. The Hall–Kier alpha value is -1.16. The summed E-state index contributed by atoms with van der Waals surface area (Å²) in [5.74, 6) is 1.70. The van der Waals surface area contributed by atoms with E-state index in [1.54, 1.807) is 0 Å². The molecule has 1 amide bonds. The monoisotopic (exact) mass is 305 g/mol. The minimum Gasteiger partial charge on any atom is -0.445 e. The third-order valence-corrected chi connectivity index (χ3v) is 5.48. The number of amides is 1. The van der Waals surface area contributed by atoms with Crippen molar-refractivity contribution in [1.29, 1.82) is 0 Å². The van der Waals surface area contributed by atoms with Crippen LogP contribution in [0.3, 0.4) is 0 Å². The van der Waals surface area contributed by atoms with Gasteiger partial charge in [-0.3, -0.25) is 0 Å². The van der Waals surface area contributed by atoms with Crippen molar-refractivity contribution in [2.75, 3.05) is 18.8 Å². The molecule has 1 saturated carbocycles. The largest absolute Gasteiger partial charge is 0.445 e. The molecule has 0 N–H and O–H groups in total. The van der Waals surface area contributed by atoms with Crippen molar-refractivity contribution in [2.45, 2.75) is 32.3 Å². The molecule has 1 aromatic rings. The fraction of sp³-hybridized carbons (Fsp3) is 0.588. The molecule has 3 rings (SSSR count). The fourth-order valence-corrected chi connectivity index (χ4v) is 4.07. The molecule has 2 atom stereocenters. The van der Waals surface area contributed by atoms with Gasteiger partial charge in [0, 0.05) is 13.1 Å². The second kappa shape index (κ2) is 6.30. The molecule has 0 radical (unpaired) electrons. The summed E-state index contributed by atoms with van der Waals surface area (Å²) in [5.41, 5.74) is 1.38. The first-order chi connectivity index (χ1) is 10.2. The van der Waals surface area contributed by atoms with E-state index in [1.807, 2.05) is 35.2 Å². The Balaban J connectivity index is 1.51. The van der Waals surface area contributed by atoms with Gasteiger partial charge in [-0.1, -0.05) is 30.3 Å². The zero-order chi connectivity index (χ0) is 14.7. The van der Waals surface area contributed by atoms with Crippen LogP contribution in [0.5, 0.6) is 0 Å². The van der Waals surface area contributed by atoms with Gasteiger partial charge in [0.1, 0.15) is 6.61 Å². The van der Waals surface area contributed by atoms with Crippen LogP contribution >= 0.6 is 12.6 Å². The Morgan fingerprint density at radius 3 is 2.86 bits per heavy atom. The number of rotatable bonds is 3. The molecule has 21 heavy (non-hydrogen) atoms. The van der Waals surface area contributed by atoms with E-state index in [2.05, 4.69) is 12.6 Å². The van der Waals surface area contributed by atoms with E-state index in [4.69, 9.17) is 4.74 Å². The molecule has 1 aliphatic carbocycles. The van der Waals surface area contributed by atoms with Crippen LogP contribution in [-0.4, -0.2) is 29.8 Å². The lowest BCUT2D eigenvalue weighted by molar-refractivity contribution is 0.0995. The Morgan fingerprint density at radius 2 is 2.14 bits per heavy atom. The lowest BCUT2D eigenvalue weighted by atomic mass is 9.85. The van der Waals surface area contributed by atoms with E-state index >= 15 is 0 Å². The minimum absolute atomic E-state index is 0.162. The number of nitrogens with zero attached hydrogens (tertiary/aromatic N) is 1. The summed E-state index contributed by atoms with van der Waals surface area (Å²) in [6, 6.07) is 9.85. The van der Waals surface area contributed by atoms with Crippen LogP contribution < -0.4 is 0 Å². The van der Waals surface area contributed by atoms with E-state index in [-0.39, 0.29) is 6.09 Å². The highest BCUT2D eigenvalue weighted by atomic mass is 32.1. The maximum absolute atomic E-state index is 12.2. The van der Waals surface area contributed by atoms with E-state index in [9.17, 15) is 4.79 Å². The third kappa shape index (κ3) is 3.37. The fourth-order valence-electron chi connectivity index (χ4n) is 3.75. The van der Waals surface area contributed by atoms with Gasteiger partial charge in [-0.2, -0.15) is 12.6 Å². The van der Waals surface area contributed by atoms with Gasteiger partial charge in [0.25, 0.3) is 0 Å². The number of hydrogen-bond donors (Lipinski definition) is 1. The Morgan fingerprint density at radius 1 is 1.33 bits per heavy atom. The maximum atomic E-state index is 12.2. The van der Waals surface area contributed by atoms with Gasteiger partial charge in [-0.15, -0.1) is 0 Å². The molecule has 2 fully saturated rings. The SMILES string of the molecule is O=C(OCc1ccccc1)N1CC[C@@]2(CC[C@@H](CS)C2)C1. The summed E-state index contributed by atoms with van der Waals surface area (Å²) < 4.78 is 5.44. The summed E-state index contributed by atoms with van der Waals surface area (Å²) in [4.78, 5) is 14.1. The third-order valence-electron chi connectivity index (χ3n) is 4.96. The molecular weight excluding hydrogens is 282 g/mol. The van der Waals surface area contributed by atoms with E-state index in [1.165, 1.54) is 19.3 Å². The average molecular weight is 305 g/mol. The molecule has 1 aromatic carbocycles. The topological polar surface area (TPSA) is 29.5 Å². The van der Waals surface area contributed by atoms with E-state index in [0.29, 0.717) is 12.0 Å². The van der Waals surface area contributed by atoms with Crippen molar-refractivity contribution in [3.8, 4) is 0 Å². The predicted molar refractivity (Wildman–Crippen MR) is 86.4 cm³/mol. The normalized spacial score (nSPS) is 28.2. The summed E-state index contributed by atoms with van der Waals surface area (Å²) in [6.07, 6.45) is 4.68. The Labute approximate surface area is 132 Å². The molecule has 0 unspecified atom stereocenters. The standard InChI is InChI=1S/C17H23NO2S/c19-16(20-11-14-4-2-1-3-5-14)18-9-8-17(13-18)7-6-15(10-17)12-21/h1-5,15,21H,6-13H2/t15-,17-/m1/s1. The number of thiol groups is 1. The van der Waals surface area contributed by atoms with E-state index < -0.39 is 0 Å². The first-order valence-electron chi connectivity index (χ1n) is 7.77. The van der Waals surface area contributed by atoms with Crippen LogP contribution in [0.4, 0.5) is 4.79 Å². The van der Waals surface area contributed by atoms with Crippen molar-refractivity contribution >= 4 is 18.7 Å². The van der Waals surface area contributed by atoms with Crippen molar-refractivity contribution < 1.29 is 9.53 Å². The molecular formula is C17H23NO2S. The van der Waals surface area contributed by atoms with Crippen LogP contribution in [0.15, 0.2) is 30.3 Å². The summed E-state index contributed by atoms with van der Waals surface area (Å²) in [6.45, 7) is 2.07.